The molecule has 20 heavy (non-hydrogen) atoms. The largest absolute Gasteiger partial charge is 0.375 e. The fourth-order valence-electron chi connectivity index (χ4n) is 2.37. The fraction of sp³-hybridized carbons (Fsp3) is 0.200. The van der Waals surface area contributed by atoms with E-state index < -0.39 is 0 Å². The lowest BCUT2D eigenvalue weighted by molar-refractivity contribution is -0.117. The van der Waals surface area contributed by atoms with Crippen LogP contribution in [-0.4, -0.2) is 17.4 Å². The van der Waals surface area contributed by atoms with Crippen LogP contribution in [0.2, 0.25) is 0 Å². The molecule has 0 saturated carbocycles. The maximum atomic E-state index is 12.0. The Hall–Kier alpha value is -2.14. The molecule has 1 saturated heterocycles. The highest BCUT2D eigenvalue weighted by atomic mass is 32.1. The summed E-state index contributed by atoms with van der Waals surface area (Å²) >= 11 is 1.42. The maximum Gasteiger partial charge on any atom is 0.227 e. The lowest BCUT2D eigenvalue weighted by atomic mass is 10.1. The quantitative estimate of drug-likeness (QED) is 0.882. The molecule has 0 aliphatic carbocycles. The van der Waals surface area contributed by atoms with E-state index in [1.165, 1.54) is 11.3 Å². The molecule has 1 aliphatic heterocycles. The van der Waals surface area contributed by atoms with Gasteiger partial charge in [0, 0.05) is 35.5 Å². The summed E-state index contributed by atoms with van der Waals surface area (Å²) in [6.45, 7) is 4.48. The van der Waals surface area contributed by atoms with E-state index in [1.54, 1.807) is 0 Å². The molecule has 0 spiro atoms. The van der Waals surface area contributed by atoms with Crippen molar-refractivity contribution >= 4 is 28.1 Å². The number of aromatic nitrogens is 1. The summed E-state index contributed by atoms with van der Waals surface area (Å²) in [5.74, 6) is 0.404. The third kappa shape index (κ3) is 2.32. The molecule has 2 heterocycles. The zero-order valence-corrected chi connectivity index (χ0v) is 11.8. The number of nitrogens with zero attached hydrogens (tertiary/aromatic N) is 2. The van der Waals surface area contributed by atoms with Crippen LogP contribution in [0, 0.1) is 5.92 Å². The van der Waals surface area contributed by atoms with E-state index in [-0.39, 0.29) is 11.8 Å². The SMILES string of the molecule is C=CC1CC(=O)N(c2ccc(-c3csc(N)n3)cc2)C1. The minimum atomic E-state index is 0.153. The van der Waals surface area contributed by atoms with E-state index in [9.17, 15) is 4.79 Å². The number of hydrogen-bond donors (Lipinski definition) is 1. The average Bonchev–Trinajstić information content (AvgIpc) is 3.05. The molecule has 0 radical (unpaired) electrons. The average molecular weight is 285 g/mol. The summed E-state index contributed by atoms with van der Waals surface area (Å²) in [7, 11) is 0. The predicted octanol–water partition coefficient (Wildman–Crippen LogP) is 2.93. The van der Waals surface area contributed by atoms with Gasteiger partial charge in [-0.1, -0.05) is 18.2 Å². The summed E-state index contributed by atoms with van der Waals surface area (Å²) in [6, 6.07) is 7.85. The van der Waals surface area contributed by atoms with Crippen molar-refractivity contribution in [2.45, 2.75) is 6.42 Å². The van der Waals surface area contributed by atoms with Gasteiger partial charge in [-0.25, -0.2) is 4.98 Å². The van der Waals surface area contributed by atoms with E-state index in [0.29, 0.717) is 18.1 Å². The Labute approximate surface area is 121 Å². The zero-order chi connectivity index (χ0) is 14.1. The van der Waals surface area contributed by atoms with Crippen LogP contribution in [0.15, 0.2) is 42.3 Å². The standard InChI is InChI=1S/C15H15N3OS/c1-2-10-7-14(19)18(8-10)12-5-3-11(4-6-12)13-9-20-15(16)17-13/h2-6,9-10H,1,7-8H2,(H2,16,17). The number of benzene rings is 1. The minimum Gasteiger partial charge on any atom is -0.375 e. The fourth-order valence-corrected chi connectivity index (χ4v) is 2.95. The van der Waals surface area contributed by atoms with Crippen LogP contribution in [-0.2, 0) is 4.79 Å². The van der Waals surface area contributed by atoms with Crippen LogP contribution in [0.4, 0.5) is 10.8 Å². The number of nitrogen functional groups attached to an aromatic ring is 1. The van der Waals surface area contributed by atoms with Gasteiger partial charge in [-0.15, -0.1) is 17.9 Å². The first-order chi connectivity index (χ1) is 9.67. The number of rotatable bonds is 3. The number of amides is 1. The second-order valence-corrected chi connectivity index (χ2v) is 5.71. The van der Waals surface area contributed by atoms with Crippen molar-refractivity contribution in [3.05, 3.63) is 42.3 Å². The van der Waals surface area contributed by atoms with Crippen LogP contribution >= 0.6 is 11.3 Å². The monoisotopic (exact) mass is 285 g/mol. The Morgan fingerprint density at radius 1 is 1.40 bits per heavy atom. The smallest absolute Gasteiger partial charge is 0.227 e. The third-order valence-electron chi connectivity index (χ3n) is 3.48. The van der Waals surface area contributed by atoms with Crippen molar-refractivity contribution in [1.29, 1.82) is 0 Å². The Morgan fingerprint density at radius 2 is 2.15 bits per heavy atom. The second kappa shape index (κ2) is 5.09. The summed E-state index contributed by atoms with van der Waals surface area (Å²) in [6.07, 6.45) is 2.40. The van der Waals surface area contributed by atoms with E-state index in [1.807, 2.05) is 40.6 Å². The number of carbonyl (C=O) groups is 1. The lowest BCUT2D eigenvalue weighted by Gasteiger charge is -2.16. The Morgan fingerprint density at radius 3 is 2.70 bits per heavy atom. The molecule has 1 unspecified atom stereocenters. The molecule has 5 heteroatoms. The maximum absolute atomic E-state index is 12.0. The molecule has 0 bridgehead atoms. The van der Waals surface area contributed by atoms with Gasteiger partial charge in [0.15, 0.2) is 5.13 Å². The molecular formula is C15H15N3OS. The van der Waals surface area contributed by atoms with Crippen LogP contribution in [0.3, 0.4) is 0 Å². The molecular weight excluding hydrogens is 270 g/mol. The number of carbonyl (C=O) groups excluding carboxylic acids is 1. The summed E-state index contributed by atoms with van der Waals surface area (Å²) in [4.78, 5) is 18.0. The van der Waals surface area contributed by atoms with Crippen LogP contribution in [0.1, 0.15) is 6.42 Å². The van der Waals surface area contributed by atoms with Crippen LogP contribution < -0.4 is 10.6 Å². The first-order valence-corrected chi connectivity index (χ1v) is 7.29. The van der Waals surface area contributed by atoms with Crippen molar-refractivity contribution in [2.75, 3.05) is 17.2 Å². The normalized spacial score (nSPS) is 18.5. The van der Waals surface area contributed by atoms with Crippen LogP contribution in [0.25, 0.3) is 11.3 Å². The molecule has 1 aromatic heterocycles. The zero-order valence-electron chi connectivity index (χ0n) is 11.0. The van der Waals surface area contributed by atoms with E-state index >= 15 is 0 Å². The highest BCUT2D eigenvalue weighted by Gasteiger charge is 2.28. The molecule has 1 aliphatic rings. The van der Waals surface area contributed by atoms with Crippen molar-refractivity contribution in [3.63, 3.8) is 0 Å². The highest BCUT2D eigenvalue weighted by molar-refractivity contribution is 7.13. The summed E-state index contributed by atoms with van der Waals surface area (Å²) in [5.41, 5.74) is 8.44. The van der Waals surface area contributed by atoms with Crippen molar-refractivity contribution in [2.24, 2.45) is 5.92 Å². The Bertz CT molecular complexity index is 647. The van der Waals surface area contributed by atoms with Gasteiger partial charge >= 0.3 is 0 Å². The first kappa shape index (κ1) is 12.9. The molecule has 2 aromatic rings. The Balaban J connectivity index is 1.83. The molecule has 4 nitrogen and oxygen atoms in total. The number of thiazole rings is 1. The van der Waals surface area contributed by atoms with E-state index in [4.69, 9.17) is 5.73 Å². The van der Waals surface area contributed by atoms with Gasteiger partial charge in [0.2, 0.25) is 5.91 Å². The molecule has 1 atom stereocenters. The molecule has 1 fully saturated rings. The van der Waals surface area contributed by atoms with Gasteiger partial charge in [0.25, 0.3) is 0 Å². The van der Waals surface area contributed by atoms with Gasteiger partial charge in [-0.3, -0.25) is 4.79 Å². The number of nitrogens with two attached hydrogens (primary N) is 1. The van der Waals surface area contributed by atoms with Crippen molar-refractivity contribution < 1.29 is 4.79 Å². The second-order valence-electron chi connectivity index (χ2n) is 4.82. The van der Waals surface area contributed by atoms with Crippen LogP contribution in [0.5, 0.6) is 0 Å². The molecule has 1 aromatic carbocycles. The minimum absolute atomic E-state index is 0.153. The molecule has 1 amide bonds. The van der Waals surface area contributed by atoms with Gasteiger partial charge < -0.3 is 10.6 Å². The van der Waals surface area contributed by atoms with Gasteiger partial charge in [-0.2, -0.15) is 0 Å². The molecule has 3 rings (SSSR count). The topological polar surface area (TPSA) is 59.2 Å². The number of anilines is 2. The lowest BCUT2D eigenvalue weighted by Crippen LogP contribution is -2.24. The van der Waals surface area contributed by atoms with Gasteiger partial charge in [0.1, 0.15) is 0 Å². The van der Waals surface area contributed by atoms with E-state index in [2.05, 4.69) is 11.6 Å². The van der Waals surface area contributed by atoms with Crippen molar-refractivity contribution in [3.8, 4) is 11.3 Å². The summed E-state index contributed by atoms with van der Waals surface area (Å²) < 4.78 is 0. The van der Waals surface area contributed by atoms with E-state index in [0.717, 1.165) is 16.9 Å². The van der Waals surface area contributed by atoms with Gasteiger partial charge in [0.05, 0.1) is 5.69 Å². The first-order valence-electron chi connectivity index (χ1n) is 6.41. The Kier molecular flexibility index (Phi) is 3.28. The highest BCUT2D eigenvalue weighted by Crippen LogP contribution is 2.29. The summed E-state index contributed by atoms with van der Waals surface area (Å²) in [5, 5.41) is 2.49. The number of hydrogen-bond acceptors (Lipinski definition) is 4. The predicted molar refractivity (Wildman–Crippen MR) is 82.6 cm³/mol. The third-order valence-corrected chi connectivity index (χ3v) is 4.16. The van der Waals surface area contributed by atoms with Gasteiger partial charge in [-0.05, 0) is 12.1 Å². The molecule has 2 N–H and O–H groups in total. The molecule has 102 valence electrons. The van der Waals surface area contributed by atoms with Crippen molar-refractivity contribution in [1.82, 2.24) is 4.98 Å².